The van der Waals surface area contributed by atoms with Crippen molar-refractivity contribution in [1.82, 2.24) is 14.9 Å². The summed E-state index contributed by atoms with van der Waals surface area (Å²) in [6.07, 6.45) is 4.25. The number of sulfonamides is 1. The standard InChI is InChI=1S/C19H29N3O4S/c1-3-4-5-12-20-18(23)19(24)21-14-16-7-6-13-22(16)27(25,26)17-10-8-15(2)9-11-17/h8-11,16H,3-7,12-14H2,1-2H3,(H,20,23)(H,21,24)/t16-/m0/s1. The molecule has 7 nitrogen and oxygen atoms in total. The minimum atomic E-state index is -3.61. The molecule has 1 aromatic carbocycles. The average molecular weight is 396 g/mol. The van der Waals surface area contributed by atoms with Gasteiger partial charge in [-0.25, -0.2) is 8.42 Å². The summed E-state index contributed by atoms with van der Waals surface area (Å²) in [7, 11) is -3.61. The van der Waals surface area contributed by atoms with E-state index < -0.39 is 21.8 Å². The van der Waals surface area contributed by atoms with Gasteiger partial charge in [0.05, 0.1) is 4.90 Å². The number of rotatable bonds is 8. The first-order valence-electron chi connectivity index (χ1n) is 9.50. The van der Waals surface area contributed by atoms with Crippen molar-refractivity contribution in [3.63, 3.8) is 0 Å². The molecule has 8 heteroatoms. The van der Waals surface area contributed by atoms with Crippen LogP contribution in [-0.2, 0) is 19.6 Å². The first-order chi connectivity index (χ1) is 12.9. The Labute approximate surface area is 161 Å². The molecule has 0 radical (unpaired) electrons. The van der Waals surface area contributed by atoms with E-state index in [4.69, 9.17) is 0 Å². The summed E-state index contributed by atoms with van der Waals surface area (Å²) in [6.45, 7) is 4.98. The first-order valence-corrected chi connectivity index (χ1v) is 10.9. The van der Waals surface area contributed by atoms with Gasteiger partial charge >= 0.3 is 11.8 Å². The lowest BCUT2D eigenvalue weighted by atomic mass is 10.2. The molecule has 1 atom stereocenters. The maximum Gasteiger partial charge on any atom is 0.309 e. The lowest BCUT2D eigenvalue weighted by Crippen LogP contribution is -2.47. The minimum absolute atomic E-state index is 0.131. The van der Waals surface area contributed by atoms with Gasteiger partial charge in [0.25, 0.3) is 0 Å². The summed E-state index contributed by atoms with van der Waals surface area (Å²) in [4.78, 5) is 24.0. The molecule has 2 rings (SSSR count). The van der Waals surface area contributed by atoms with Crippen molar-refractivity contribution in [1.29, 1.82) is 0 Å². The lowest BCUT2D eigenvalue weighted by molar-refractivity contribution is -0.139. The van der Waals surface area contributed by atoms with Gasteiger partial charge < -0.3 is 10.6 Å². The van der Waals surface area contributed by atoms with Gasteiger partial charge in [0.15, 0.2) is 0 Å². The molecule has 1 fully saturated rings. The number of carbonyl (C=O) groups is 2. The molecule has 0 spiro atoms. The molecule has 1 aliphatic rings. The first kappa shape index (κ1) is 21.4. The second-order valence-electron chi connectivity index (χ2n) is 6.90. The van der Waals surface area contributed by atoms with Crippen LogP contribution in [0.2, 0.25) is 0 Å². The molecule has 150 valence electrons. The molecular weight excluding hydrogens is 366 g/mol. The fraction of sp³-hybridized carbons (Fsp3) is 0.579. The highest BCUT2D eigenvalue weighted by Gasteiger charge is 2.35. The predicted octanol–water partition coefficient (Wildman–Crippen LogP) is 1.57. The number of aryl methyl sites for hydroxylation is 1. The highest BCUT2D eigenvalue weighted by molar-refractivity contribution is 7.89. The van der Waals surface area contributed by atoms with Gasteiger partial charge in [0, 0.05) is 25.7 Å². The minimum Gasteiger partial charge on any atom is -0.348 e. The third-order valence-electron chi connectivity index (χ3n) is 4.72. The van der Waals surface area contributed by atoms with E-state index in [2.05, 4.69) is 17.6 Å². The molecular formula is C19H29N3O4S. The van der Waals surface area contributed by atoms with E-state index in [1.807, 2.05) is 6.92 Å². The Morgan fingerprint density at radius 3 is 2.44 bits per heavy atom. The Kier molecular flexibility index (Phi) is 7.79. The number of carbonyl (C=O) groups excluding carboxylic acids is 2. The van der Waals surface area contributed by atoms with Crippen molar-refractivity contribution in [3.8, 4) is 0 Å². The summed E-state index contributed by atoms with van der Waals surface area (Å²) in [5.74, 6) is -1.39. The number of nitrogens with zero attached hydrogens (tertiary/aromatic N) is 1. The van der Waals surface area contributed by atoms with Crippen molar-refractivity contribution in [2.24, 2.45) is 0 Å². The number of hydrogen-bond donors (Lipinski definition) is 2. The number of nitrogens with one attached hydrogen (secondary N) is 2. The van der Waals surface area contributed by atoms with Crippen LogP contribution in [-0.4, -0.2) is 50.2 Å². The molecule has 1 heterocycles. The predicted molar refractivity (Wildman–Crippen MR) is 104 cm³/mol. The van der Waals surface area contributed by atoms with Crippen LogP contribution in [0.25, 0.3) is 0 Å². The van der Waals surface area contributed by atoms with E-state index in [1.165, 1.54) is 4.31 Å². The van der Waals surface area contributed by atoms with Crippen LogP contribution in [0.5, 0.6) is 0 Å². The van der Waals surface area contributed by atoms with Gasteiger partial charge in [-0.2, -0.15) is 4.31 Å². The van der Waals surface area contributed by atoms with Gasteiger partial charge in [-0.15, -0.1) is 0 Å². The zero-order valence-corrected chi connectivity index (χ0v) is 16.8. The van der Waals surface area contributed by atoms with Crippen molar-refractivity contribution >= 4 is 21.8 Å². The maximum atomic E-state index is 12.9. The molecule has 2 N–H and O–H groups in total. The monoisotopic (exact) mass is 395 g/mol. The van der Waals surface area contributed by atoms with E-state index in [0.29, 0.717) is 19.5 Å². The summed E-state index contributed by atoms with van der Waals surface area (Å²) in [6, 6.07) is 6.39. The lowest BCUT2D eigenvalue weighted by Gasteiger charge is -2.24. The van der Waals surface area contributed by atoms with Crippen LogP contribution in [0.1, 0.15) is 44.6 Å². The highest BCUT2D eigenvalue weighted by Crippen LogP contribution is 2.25. The van der Waals surface area contributed by atoms with Gasteiger partial charge in [0.2, 0.25) is 10.0 Å². The van der Waals surface area contributed by atoms with Crippen LogP contribution >= 0.6 is 0 Å². The number of hydrogen-bond acceptors (Lipinski definition) is 4. The molecule has 1 aromatic rings. The molecule has 27 heavy (non-hydrogen) atoms. The maximum absolute atomic E-state index is 12.9. The van der Waals surface area contributed by atoms with Crippen LogP contribution in [0.3, 0.4) is 0 Å². The molecule has 0 aromatic heterocycles. The fourth-order valence-electron chi connectivity index (χ4n) is 3.12. The van der Waals surface area contributed by atoms with E-state index >= 15 is 0 Å². The molecule has 0 aliphatic carbocycles. The number of amides is 2. The second kappa shape index (κ2) is 9.85. The zero-order chi connectivity index (χ0) is 19.9. The van der Waals surface area contributed by atoms with Crippen molar-refractivity contribution < 1.29 is 18.0 Å². The van der Waals surface area contributed by atoms with E-state index in [-0.39, 0.29) is 17.5 Å². The Balaban J connectivity index is 1.91. The Bertz CT molecular complexity index is 747. The van der Waals surface area contributed by atoms with E-state index in [0.717, 1.165) is 31.2 Å². The number of benzene rings is 1. The molecule has 1 aliphatic heterocycles. The van der Waals surface area contributed by atoms with Gasteiger partial charge in [-0.1, -0.05) is 37.5 Å². The fourth-order valence-corrected chi connectivity index (χ4v) is 4.82. The average Bonchev–Trinajstić information content (AvgIpc) is 3.13. The Hall–Kier alpha value is -1.93. The van der Waals surface area contributed by atoms with E-state index in [1.54, 1.807) is 24.3 Å². The van der Waals surface area contributed by atoms with Gasteiger partial charge in [-0.05, 0) is 38.3 Å². The molecule has 0 bridgehead atoms. The smallest absolute Gasteiger partial charge is 0.309 e. The summed E-state index contributed by atoms with van der Waals surface area (Å²) in [5, 5.41) is 5.15. The Morgan fingerprint density at radius 1 is 1.11 bits per heavy atom. The van der Waals surface area contributed by atoms with Crippen molar-refractivity contribution in [2.45, 2.75) is 56.9 Å². The normalized spacial score (nSPS) is 17.6. The molecule has 0 saturated carbocycles. The highest BCUT2D eigenvalue weighted by atomic mass is 32.2. The summed E-state index contributed by atoms with van der Waals surface area (Å²) >= 11 is 0. The third kappa shape index (κ3) is 5.77. The summed E-state index contributed by atoms with van der Waals surface area (Å²) < 4.78 is 27.2. The zero-order valence-electron chi connectivity index (χ0n) is 16.0. The van der Waals surface area contributed by atoms with Crippen LogP contribution in [0, 0.1) is 6.92 Å². The van der Waals surface area contributed by atoms with E-state index in [9.17, 15) is 18.0 Å². The quantitative estimate of drug-likeness (QED) is 0.516. The molecule has 2 amide bonds. The largest absolute Gasteiger partial charge is 0.348 e. The molecule has 0 unspecified atom stereocenters. The van der Waals surface area contributed by atoms with Crippen molar-refractivity contribution in [2.75, 3.05) is 19.6 Å². The van der Waals surface area contributed by atoms with Crippen LogP contribution in [0.15, 0.2) is 29.2 Å². The van der Waals surface area contributed by atoms with Crippen LogP contribution < -0.4 is 10.6 Å². The molecule has 1 saturated heterocycles. The Morgan fingerprint density at radius 2 is 1.78 bits per heavy atom. The van der Waals surface area contributed by atoms with Gasteiger partial charge in [0.1, 0.15) is 0 Å². The van der Waals surface area contributed by atoms with Crippen LogP contribution in [0.4, 0.5) is 0 Å². The SMILES string of the molecule is CCCCCNC(=O)C(=O)NC[C@@H]1CCCN1S(=O)(=O)c1ccc(C)cc1. The second-order valence-corrected chi connectivity index (χ2v) is 8.79. The van der Waals surface area contributed by atoms with Gasteiger partial charge in [-0.3, -0.25) is 9.59 Å². The third-order valence-corrected chi connectivity index (χ3v) is 6.69. The summed E-state index contributed by atoms with van der Waals surface area (Å²) in [5.41, 5.74) is 0.990. The van der Waals surface area contributed by atoms with Crippen molar-refractivity contribution in [3.05, 3.63) is 29.8 Å². The number of unbranched alkanes of at least 4 members (excludes halogenated alkanes) is 2. The topological polar surface area (TPSA) is 95.6 Å².